The van der Waals surface area contributed by atoms with Crippen LogP contribution in [0.4, 0.5) is 8.78 Å². The molecule has 1 aromatic rings. The first-order valence-corrected chi connectivity index (χ1v) is 3.01. The predicted octanol–water partition coefficient (Wildman–Crippen LogP) is 1.48. The number of rotatable bonds is 2. The normalized spacial score (nSPS) is 9.64. The molecule has 0 amide bonds. The van der Waals surface area contributed by atoms with Crippen LogP contribution in [0.25, 0.3) is 0 Å². The van der Waals surface area contributed by atoms with Gasteiger partial charge in [0.25, 0.3) is 5.95 Å². The van der Waals surface area contributed by atoms with Gasteiger partial charge >= 0.3 is 0 Å². The Hall–Kier alpha value is -1.32. The van der Waals surface area contributed by atoms with Crippen molar-refractivity contribution in [1.82, 2.24) is 9.97 Å². The quantitative estimate of drug-likeness (QED) is 0.478. The van der Waals surface area contributed by atoms with Gasteiger partial charge in [0.15, 0.2) is 5.82 Å². The zero-order chi connectivity index (χ0) is 8.27. The number of aromatic nitrogens is 2. The Morgan fingerprint density at radius 1 is 1.45 bits per heavy atom. The van der Waals surface area contributed by atoms with Crippen LogP contribution in [0.15, 0.2) is 19.0 Å². The largest absolute Gasteiger partial charge is 0.252 e. The molecule has 0 saturated carbocycles. The number of allylic oxidation sites excluding steroid dienone is 1. The highest BCUT2D eigenvalue weighted by molar-refractivity contribution is 5.06. The Bertz CT molecular complexity index is 273. The molecule has 0 unspecified atom stereocenters. The van der Waals surface area contributed by atoms with Crippen LogP contribution < -0.4 is 0 Å². The van der Waals surface area contributed by atoms with Crippen LogP contribution in [0, 0.1) is 11.8 Å². The minimum Gasteiger partial charge on any atom is -0.238 e. The molecule has 0 bridgehead atoms. The van der Waals surface area contributed by atoms with Gasteiger partial charge in [-0.15, -0.1) is 6.58 Å². The van der Waals surface area contributed by atoms with Gasteiger partial charge < -0.3 is 0 Å². The van der Waals surface area contributed by atoms with Crippen LogP contribution in [0.5, 0.6) is 0 Å². The fraction of sp³-hybridized carbons (Fsp3) is 0.143. The average molecular weight is 156 g/mol. The van der Waals surface area contributed by atoms with Gasteiger partial charge in [-0.2, -0.15) is 8.78 Å². The second kappa shape index (κ2) is 3.18. The van der Waals surface area contributed by atoms with Crippen molar-refractivity contribution in [3.05, 3.63) is 36.4 Å². The van der Waals surface area contributed by atoms with E-state index in [0.717, 1.165) is 6.33 Å². The van der Waals surface area contributed by atoms with Crippen molar-refractivity contribution in [2.24, 2.45) is 0 Å². The summed E-state index contributed by atoms with van der Waals surface area (Å²) in [5.41, 5.74) is 0.0347. The molecule has 0 fully saturated rings. The molecule has 0 N–H and O–H groups in total. The summed E-state index contributed by atoms with van der Waals surface area (Å²) in [5.74, 6) is -2.11. The van der Waals surface area contributed by atoms with Crippen molar-refractivity contribution < 1.29 is 8.78 Å². The first kappa shape index (κ1) is 7.78. The van der Waals surface area contributed by atoms with Crippen LogP contribution in [0.2, 0.25) is 0 Å². The van der Waals surface area contributed by atoms with Crippen LogP contribution in [-0.2, 0) is 6.42 Å². The van der Waals surface area contributed by atoms with Crippen molar-refractivity contribution in [2.75, 3.05) is 0 Å². The van der Waals surface area contributed by atoms with Gasteiger partial charge in [0.2, 0.25) is 0 Å². The Balaban J connectivity index is 3.05. The Kier molecular flexibility index (Phi) is 2.25. The van der Waals surface area contributed by atoms with Gasteiger partial charge in [-0.25, -0.2) is 9.97 Å². The summed E-state index contributed by atoms with van der Waals surface area (Å²) in [7, 11) is 0. The maximum absolute atomic E-state index is 12.6. The second-order valence-corrected chi connectivity index (χ2v) is 1.92. The topological polar surface area (TPSA) is 25.8 Å². The Morgan fingerprint density at radius 3 is 2.82 bits per heavy atom. The summed E-state index contributed by atoms with van der Waals surface area (Å²) in [6.07, 6.45) is 2.65. The van der Waals surface area contributed by atoms with Crippen LogP contribution in [0.3, 0.4) is 0 Å². The summed E-state index contributed by atoms with van der Waals surface area (Å²) >= 11 is 0. The minimum atomic E-state index is -1.11. The van der Waals surface area contributed by atoms with E-state index in [0.29, 0.717) is 0 Å². The summed E-state index contributed by atoms with van der Waals surface area (Å²) in [6, 6.07) is 0. The maximum Gasteiger partial charge on any atom is 0.252 e. The smallest absolute Gasteiger partial charge is 0.238 e. The van der Waals surface area contributed by atoms with E-state index in [1.807, 2.05) is 0 Å². The van der Waals surface area contributed by atoms with Gasteiger partial charge in [0.1, 0.15) is 6.33 Å². The lowest BCUT2D eigenvalue weighted by Gasteiger charge is -1.96. The molecule has 1 heterocycles. The van der Waals surface area contributed by atoms with Crippen molar-refractivity contribution in [1.29, 1.82) is 0 Å². The van der Waals surface area contributed by atoms with Crippen LogP contribution in [-0.4, -0.2) is 9.97 Å². The lowest BCUT2D eigenvalue weighted by molar-refractivity contribution is 0.464. The monoisotopic (exact) mass is 156 g/mol. The molecule has 1 rings (SSSR count). The van der Waals surface area contributed by atoms with Crippen LogP contribution in [0.1, 0.15) is 5.69 Å². The van der Waals surface area contributed by atoms with Gasteiger partial charge in [0.05, 0.1) is 5.69 Å². The third-order valence-corrected chi connectivity index (χ3v) is 1.16. The number of halogens is 2. The molecule has 0 aliphatic carbocycles. The zero-order valence-electron chi connectivity index (χ0n) is 5.72. The summed E-state index contributed by atoms with van der Waals surface area (Å²) in [5, 5.41) is 0. The highest BCUT2D eigenvalue weighted by atomic mass is 19.2. The zero-order valence-corrected chi connectivity index (χ0v) is 5.72. The van der Waals surface area contributed by atoms with Crippen molar-refractivity contribution >= 4 is 0 Å². The summed E-state index contributed by atoms with van der Waals surface area (Å²) in [4.78, 5) is 6.57. The molecule has 0 spiro atoms. The lowest BCUT2D eigenvalue weighted by Crippen LogP contribution is -1.99. The van der Waals surface area contributed by atoms with Crippen molar-refractivity contribution in [3.8, 4) is 0 Å². The van der Waals surface area contributed by atoms with E-state index < -0.39 is 11.8 Å². The van der Waals surface area contributed by atoms with E-state index in [-0.39, 0.29) is 12.1 Å². The molecular formula is C7H6F2N2. The second-order valence-electron chi connectivity index (χ2n) is 1.92. The SMILES string of the molecule is C=CCc1ncnc(F)c1F. The van der Waals surface area contributed by atoms with E-state index in [2.05, 4.69) is 16.5 Å². The highest BCUT2D eigenvalue weighted by Crippen LogP contribution is 2.06. The molecule has 0 aliphatic heterocycles. The molecule has 0 atom stereocenters. The van der Waals surface area contributed by atoms with Crippen LogP contribution >= 0.6 is 0 Å². The van der Waals surface area contributed by atoms with E-state index >= 15 is 0 Å². The molecule has 0 aliphatic rings. The first-order chi connectivity index (χ1) is 5.25. The lowest BCUT2D eigenvalue weighted by atomic mass is 10.3. The molecule has 11 heavy (non-hydrogen) atoms. The van der Waals surface area contributed by atoms with Gasteiger partial charge in [0, 0.05) is 6.42 Å². The first-order valence-electron chi connectivity index (χ1n) is 3.01. The fourth-order valence-corrected chi connectivity index (χ4v) is 0.661. The standard InChI is InChI=1S/C7H6F2N2/c1-2-3-5-6(8)7(9)11-4-10-5/h2,4H,1,3H2. The summed E-state index contributed by atoms with van der Waals surface area (Å²) in [6.45, 7) is 3.38. The Morgan fingerprint density at radius 2 is 2.18 bits per heavy atom. The van der Waals surface area contributed by atoms with Gasteiger partial charge in [-0.3, -0.25) is 0 Å². The fourth-order valence-electron chi connectivity index (χ4n) is 0.661. The van der Waals surface area contributed by atoms with Crippen molar-refractivity contribution in [2.45, 2.75) is 6.42 Å². The molecule has 0 saturated heterocycles. The van der Waals surface area contributed by atoms with Gasteiger partial charge in [-0.05, 0) is 0 Å². The third-order valence-electron chi connectivity index (χ3n) is 1.16. The van der Waals surface area contributed by atoms with E-state index in [9.17, 15) is 8.78 Å². The van der Waals surface area contributed by atoms with Gasteiger partial charge in [-0.1, -0.05) is 6.08 Å². The maximum atomic E-state index is 12.6. The van der Waals surface area contributed by atoms with E-state index in [4.69, 9.17) is 0 Å². The molecule has 1 aromatic heterocycles. The number of nitrogens with zero attached hydrogens (tertiary/aromatic N) is 2. The highest BCUT2D eigenvalue weighted by Gasteiger charge is 2.07. The van der Waals surface area contributed by atoms with Crippen molar-refractivity contribution in [3.63, 3.8) is 0 Å². The number of hydrogen-bond acceptors (Lipinski definition) is 2. The Labute approximate surface area is 62.6 Å². The third kappa shape index (κ3) is 1.58. The molecule has 0 aromatic carbocycles. The predicted molar refractivity (Wildman–Crippen MR) is 35.8 cm³/mol. The number of hydrogen-bond donors (Lipinski definition) is 0. The molecule has 0 radical (unpaired) electrons. The van der Waals surface area contributed by atoms with E-state index in [1.165, 1.54) is 6.08 Å². The molecule has 58 valence electrons. The molecule has 4 heteroatoms. The minimum absolute atomic E-state index is 0.0347. The molecule has 2 nitrogen and oxygen atoms in total. The summed E-state index contributed by atoms with van der Waals surface area (Å²) < 4.78 is 25.0. The van der Waals surface area contributed by atoms with E-state index in [1.54, 1.807) is 0 Å². The molecular weight excluding hydrogens is 150 g/mol. The average Bonchev–Trinajstić information content (AvgIpc) is 1.99.